The van der Waals surface area contributed by atoms with Crippen molar-refractivity contribution in [3.63, 3.8) is 0 Å². The molecule has 2 aliphatic rings. The molecule has 1 saturated heterocycles. The molecular formula is C22H41N3O2S. The van der Waals surface area contributed by atoms with E-state index in [2.05, 4.69) is 5.32 Å². The van der Waals surface area contributed by atoms with Crippen molar-refractivity contribution in [1.82, 2.24) is 15.1 Å². The summed E-state index contributed by atoms with van der Waals surface area (Å²) < 4.78 is 0. The van der Waals surface area contributed by atoms with Crippen molar-refractivity contribution in [2.45, 2.75) is 83.1 Å². The summed E-state index contributed by atoms with van der Waals surface area (Å²) in [4.78, 5) is 29.3. The molecule has 0 bridgehead atoms. The van der Waals surface area contributed by atoms with Gasteiger partial charge < -0.3 is 15.1 Å². The lowest BCUT2D eigenvalue weighted by Gasteiger charge is -2.28. The van der Waals surface area contributed by atoms with E-state index in [-0.39, 0.29) is 17.9 Å². The van der Waals surface area contributed by atoms with Crippen LogP contribution in [-0.2, 0) is 9.59 Å². The average molecular weight is 412 g/mol. The molecule has 1 unspecified atom stereocenters. The first-order valence-electron chi connectivity index (χ1n) is 11.4. The molecule has 5 nitrogen and oxygen atoms in total. The fraction of sp³-hybridized carbons (Fsp3) is 0.909. The van der Waals surface area contributed by atoms with Crippen LogP contribution in [0.1, 0.15) is 77.0 Å². The van der Waals surface area contributed by atoms with E-state index in [1.54, 1.807) is 11.8 Å². The number of thioether (sulfide) groups is 1. The molecular weight excluding hydrogens is 370 g/mol. The van der Waals surface area contributed by atoms with Gasteiger partial charge >= 0.3 is 0 Å². The second-order valence-corrected chi connectivity index (χ2v) is 9.55. The molecule has 0 radical (unpaired) electrons. The average Bonchev–Trinajstić information content (AvgIpc) is 3.20. The van der Waals surface area contributed by atoms with Crippen LogP contribution in [0.15, 0.2) is 0 Å². The molecule has 1 aliphatic heterocycles. The third-order valence-electron chi connectivity index (χ3n) is 6.26. The minimum atomic E-state index is -0.249. The topological polar surface area (TPSA) is 52.7 Å². The van der Waals surface area contributed by atoms with Crippen molar-refractivity contribution in [3.05, 3.63) is 0 Å². The van der Waals surface area contributed by atoms with Crippen LogP contribution in [0, 0.1) is 5.92 Å². The van der Waals surface area contributed by atoms with E-state index in [4.69, 9.17) is 0 Å². The van der Waals surface area contributed by atoms with Crippen molar-refractivity contribution in [2.75, 3.05) is 38.8 Å². The predicted octanol–water partition coefficient (Wildman–Crippen LogP) is 3.88. The Morgan fingerprint density at radius 1 is 1.07 bits per heavy atom. The Morgan fingerprint density at radius 3 is 2.57 bits per heavy atom. The molecule has 1 heterocycles. The lowest BCUT2D eigenvalue weighted by Crippen LogP contribution is -2.48. The summed E-state index contributed by atoms with van der Waals surface area (Å²) in [5, 5.41) is 3.17. The molecule has 28 heavy (non-hydrogen) atoms. The second-order valence-electron chi connectivity index (χ2n) is 8.55. The third-order valence-corrected chi connectivity index (χ3v) is 7.27. The zero-order chi connectivity index (χ0) is 20.2. The van der Waals surface area contributed by atoms with E-state index in [0.29, 0.717) is 12.3 Å². The number of carbonyl (C=O) groups excluding carboxylic acids is 2. The van der Waals surface area contributed by atoms with Gasteiger partial charge in [0.05, 0.1) is 5.88 Å². The molecule has 1 saturated carbocycles. The third kappa shape index (κ3) is 7.94. The lowest BCUT2D eigenvalue weighted by atomic mass is 9.86. The van der Waals surface area contributed by atoms with Gasteiger partial charge in [-0.15, -0.1) is 11.8 Å². The van der Waals surface area contributed by atoms with Crippen LogP contribution in [0.4, 0.5) is 0 Å². The highest BCUT2D eigenvalue weighted by Gasteiger charge is 2.35. The summed E-state index contributed by atoms with van der Waals surface area (Å²) in [7, 11) is 3.87. The zero-order valence-corrected chi connectivity index (χ0v) is 18.9. The molecule has 0 aromatic heterocycles. The highest BCUT2D eigenvalue weighted by molar-refractivity contribution is 7.99. The van der Waals surface area contributed by atoms with E-state index in [1.807, 2.05) is 23.9 Å². The number of hydrogen-bond donors (Lipinski definition) is 1. The van der Waals surface area contributed by atoms with E-state index in [1.165, 1.54) is 51.4 Å². The fourth-order valence-electron chi connectivity index (χ4n) is 4.42. The minimum Gasteiger partial charge on any atom is -0.344 e. The molecule has 1 N–H and O–H groups in total. The van der Waals surface area contributed by atoms with Crippen molar-refractivity contribution < 1.29 is 9.59 Å². The van der Waals surface area contributed by atoms with Gasteiger partial charge in [0.2, 0.25) is 11.8 Å². The Balaban J connectivity index is 1.67. The van der Waals surface area contributed by atoms with E-state index in [9.17, 15) is 9.59 Å². The van der Waals surface area contributed by atoms with Gasteiger partial charge in [-0.05, 0) is 45.2 Å². The largest absolute Gasteiger partial charge is 0.344 e. The number of nitrogens with one attached hydrogen (secondary N) is 1. The van der Waals surface area contributed by atoms with Crippen LogP contribution in [0.2, 0.25) is 0 Å². The summed E-state index contributed by atoms with van der Waals surface area (Å²) >= 11 is 1.71. The highest BCUT2D eigenvalue weighted by Crippen LogP contribution is 2.29. The molecule has 1 atom stereocenters. The van der Waals surface area contributed by atoms with Crippen molar-refractivity contribution in [1.29, 1.82) is 0 Å². The van der Waals surface area contributed by atoms with Gasteiger partial charge in [0.1, 0.15) is 6.04 Å². The van der Waals surface area contributed by atoms with Crippen LogP contribution in [0.25, 0.3) is 0 Å². The Hall–Kier alpha value is -0.750. The minimum absolute atomic E-state index is 0.126. The molecule has 6 heteroatoms. The van der Waals surface area contributed by atoms with E-state index < -0.39 is 0 Å². The van der Waals surface area contributed by atoms with Gasteiger partial charge in [-0.1, -0.05) is 44.9 Å². The molecule has 0 aromatic rings. The maximum atomic E-state index is 12.9. The van der Waals surface area contributed by atoms with Crippen molar-refractivity contribution in [3.8, 4) is 0 Å². The first-order valence-corrected chi connectivity index (χ1v) is 12.6. The number of amides is 2. The number of likely N-dealkylation sites (N-methyl/N-ethyl adjacent to an activating group) is 1. The zero-order valence-electron chi connectivity index (χ0n) is 18.1. The summed E-state index contributed by atoms with van der Waals surface area (Å²) in [6, 6.07) is -0.249. The van der Waals surface area contributed by atoms with Gasteiger partial charge in [0.15, 0.2) is 0 Å². The smallest absolute Gasteiger partial charge is 0.246 e. The van der Waals surface area contributed by atoms with Crippen LogP contribution in [-0.4, -0.2) is 66.5 Å². The number of hydrogen-bond acceptors (Lipinski definition) is 4. The van der Waals surface area contributed by atoms with Crippen molar-refractivity contribution in [2.24, 2.45) is 5.92 Å². The summed E-state index contributed by atoms with van der Waals surface area (Å²) in [5.41, 5.74) is 0. The molecule has 2 fully saturated rings. The Labute approximate surface area is 176 Å². The SMILES string of the molecule is CNCCCCCCN(C)C(=O)C1CSCN1C(=O)CCCC1CCCCC1. The van der Waals surface area contributed by atoms with Crippen LogP contribution in [0.3, 0.4) is 0 Å². The normalized spacial score (nSPS) is 20.5. The predicted molar refractivity (Wildman–Crippen MR) is 118 cm³/mol. The maximum Gasteiger partial charge on any atom is 0.246 e. The Morgan fingerprint density at radius 2 is 1.82 bits per heavy atom. The van der Waals surface area contributed by atoms with Gasteiger partial charge in [0, 0.05) is 25.8 Å². The summed E-state index contributed by atoms with van der Waals surface area (Å²) in [6.45, 7) is 1.86. The maximum absolute atomic E-state index is 12.9. The first-order chi connectivity index (χ1) is 13.6. The molecule has 2 amide bonds. The van der Waals surface area contributed by atoms with Crippen LogP contribution in [0.5, 0.6) is 0 Å². The Kier molecular flexibility index (Phi) is 11.3. The number of carbonyl (C=O) groups is 2. The number of nitrogens with zero attached hydrogens (tertiary/aromatic N) is 2. The molecule has 2 rings (SSSR count). The quantitative estimate of drug-likeness (QED) is 0.495. The highest BCUT2D eigenvalue weighted by atomic mass is 32.2. The van der Waals surface area contributed by atoms with E-state index >= 15 is 0 Å². The van der Waals surface area contributed by atoms with E-state index in [0.717, 1.165) is 44.0 Å². The first kappa shape index (κ1) is 23.5. The molecule has 0 aromatic carbocycles. The standard InChI is InChI=1S/C22H41N3O2S/c1-23-15-8-3-4-9-16-24(2)22(27)20-17-28-18-25(20)21(26)14-10-13-19-11-6-5-7-12-19/h19-20,23H,3-18H2,1-2H3. The molecule has 0 spiro atoms. The van der Waals surface area contributed by atoms with Crippen LogP contribution < -0.4 is 5.32 Å². The molecule has 1 aliphatic carbocycles. The summed E-state index contributed by atoms with van der Waals surface area (Å²) in [5.74, 6) is 2.56. The summed E-state index contributed by atoms with van der Waals surface area (Å²) in [6.07, 6.45) is 14.1. The second kappa shape index (κ2) is 13.5. The number of rotatable bonds is 12. The van der Waals surface area contributed by atoms with Gasteiger partial charge in [-0.2, -0.15) is 0 Å². The monoisotopic (exact) mass is 411 g/mol. The fourth-order valence-corrected chi connectivity index (χ4v) is 5.60. The van der Waals surface area contributed by atoms with Gasteiger partial charge in [-0.3, -0.25) is 9.59 Å². The van der Waals surface area contributed by atoms with Gasteiger partial charge in [-0.25, -0.2) is 0 Å². The van der Waals surface area contributed by atoms with Crippen LogP contribution >= 0.6 is 11.8 Å². The van der Waals surface area contributed by atoms with Gasteiger partial charge in [0.25, 0.3) is 0 Å². The van der Waals surface area contributed by atoms with Crippen molar-refractivity contribution >= 4 is 23.6 Å². The molecule has 162 valence electrons. The lowest BCUT2D eigenvalue weighted by molar-refractivity contribution is -0.142. The number of unbranched alkanes of at least 4 members (excludes halogenated alkanes) is 3. The Bertz CT molecular complexity index is 469.